The standard InChI is InChI=1S/C29H29N5O4S/c1-18-26(31-19(2)27(18)29(36)34-12-10-33(3)11-13-34)15-24-23-14-22(8-9-25(23)32-28(24)35)39(37,38)17-21-6-4-20(16-30)5-7-21/h4-9,14-15,31H,10-13,17H2,1-3H3,(H,32,35). The monoisotopic (exact) mass is 543 g/mol. The van der Waals surface area contributed by atoms with Crippen LogP contribution < -0.4 is 5.32 Å². The minimum atomic E-state index is -3.72. The topological polar surface area (TPSA) is 126 Å². The lowest BCUT2D eigenvalue weighted by Crippen LogP contribution is -2.47. The Morgan fingerprint density at radius 2 is 1.77 bits per heavy atom. The molecule has 2 amide bonds. The summed E-state index contributed by atoms with van der Waals surface area (Å²) in [5, 5.41) is 11.8. The Morgan fingerprint density at radius 3 is 2.44 bits per heavy atom. The summed E-state index contributed by atoms with van der Waals surface area (Å²) in [5.41, 5.74) is 5.06. The van der Waals surface area contributed by atoms with E-state index >= 15 is 0 Å². The number of aryl methyl sites for hydroxylation is 1. The molecular weight excluding hydrogens is 514 g/mol. The van der Waals surface area contributed by atoms with Crippen LogP contribution in [0.15, 0.2) is 47.4 Å². The second-order valence-electron chi connectivity index (χ2n) is 10.0. The maximum atomic E-state index is 13.3. The number of nitrogens with zero attached hydrogens (tertiary/aromatic N) is 3. The average molecular weight is 544 g/mol. The minimum absolute atomic E-state index is 0.0357. The van der Waals surface area contributed by atoms with Gasteiger partial charge >= 0.3 is 0 Å². The SMILES string of the molecule is Cc1[nH]c(C=C2C(=O)Nc3ccc(S(=O)(=O)Cc4ccc(C#N)cc4)cc32)c(C)c1C(=O)N1CCN(C)CC1. The molecule has 0 unspecified atom stereocenters. The van der Waals surface area contributed by atoms with Gasteiger partial charge in [0.25, 0.3) is 11.8 Å². The van der Waals surface area contributed by atoms with Crippen LogP contribution in [-0.2, 0) is 20.4 Å². The number of nitriles is 1. The fraction of sp³-hybridized carbons (Fsp3) is 0.276. The minimum Gasteiger partial charge on any atom is -0.358 e. The normalized spacial score (nSPS) is 16.7. The molecule has 0 saturated carbocycles. The van der Waals surface area contributed by atoms with E-state index in [0.29, 0.717) is 52.3 Å². The highest BCUT2D eigenvalue weighted by Gasteiger charge is 2.29. The fourth-order valence-corrected chi connectivity index (χ4v) is 6.40. The molecule has 0 aliphatic carbocycles. The molecule has 9 nitrogen and oxygen atoms in total. The van der Waals surface area contributed by atoms with Crippen molar-refractivity contribution >= 4 is 39.0 Å². The van der Waals surface area contributed by atoms with E-state index in [-0.39, 0.29) is 22.5 Å². The van der Waals surface area contributed by atoms with E-state index in [9.17, 15) is 18.0 Å². The summed E-state index contributed by atoms with van der Waals surface area (Å²) in [6, 6.07) is 13.0. The van der Waals surface area contributed by atoms with Gasteiger partial charge in [-0.3, -0.25) is 9.59 Å². The quantitative estimate of drug-likeness (QED) is 0.475. The molecule has 1 saturated heterocycles. The smallest absolute Gasteiger partial charge is 0.256 e. The number of sulfone groups is 1. The van der Waals surface area contributed by atoms with E-state index in [0.717, 1.165) is 24.3 Å². The van der Waals surface area contributed by atoms with E-state index in [1.165, 1.54) is 12.1 Å². The highest BCUT2D eigenvalue weighted by Crippen LogP contribution is 2.36. The molecule has 3 heterocycles. The van der Waals surface area contributed by atoms with Crippen LogP contribution in [0, 0.1) is 25.2 Å². The Labute approximate surface area is 227 Å². The molecule has 2 aliphatic heterocycles. The largest absolute Gasteiger partial charge is 0.358 e. The molecule has 0 radical (unpaired) electrons. The second-order valence-corrected chi connectivity index (χ2v) is 12.0. The van der Waals surface area contributed by atoms with Crippen LogP contribution in [-0.4, -0.2) is 68.2 Å². The number of benzene rings is 2. The van der Waals surface area contributed by atoms with Crippen LogP contribution in [0.2, 0.25) is 0 Å². The summed E-state index contributed by atoms with van der Waals surface area (Å²) < 4.78 is 26.4. The molecule has 2 aliphatic rings. The van der Waals surface area contributed by atoms with Gasteiger partial charge in [0, 0.05) is 48.8 Å². The zero-order chi connectivity index (χ0) is 27.9. The lowest BCUT2D eigenvalue weighted by molar-refractivity contribution is -0.110. The van der Waals surface area contributed by atoms with E-state index in [2.05, 4.69) is 15.2 Å². The van der Waals surface area contributed by atoms with E-state index in [1.54, 1.807) is 36.4 Å². The molecule has 0 spiro atoms. The third kappa shape index (κ3) is 5.11. The number of piperazine rings is 1. The molecule has 3 aromatic rings. The van der Waals surface area contributed by atoms with Gasteiger partial charge in [-0.25, -0.2) is 8.42 Å². The predicted molar refractivity (Wildman–Crippen MR) is 149 cm³/mol. The molecule has 2 N–H and O–H groups in total. The van der Waals surface area contributed by atoms with Crippen molar-refractivity contribution in [3.05, 3.63) is 81.7 Å². The van der Waals surface area contributed by atoms with Crippen molar-refractivity contribution in [3.63, 3.8) is 0 Å². The molecule has 1 aromatic heterocycles. The van der Waals surface area contributed by atoms with E-state index < -0.39 is 9.84 Å². The van der Waals surface area contributed by atoms with Crippen molar-refractivity contribution in [2.45, 2.75) is 24.5 Å². The zero-order valence-electron chi connectivity index (χ0n) is 22.0. The molecule has 10 heteroatoms. The van der Waals surface area contributed by atoms with Crippen molar-refractivity contribution in [3.8, 4) is 6.07 Å². The second kappa shape index (κ2) is 10.2. The number of anilines is 1. The van der Waals surface area contributed by atoms with Crippen LogP contribution in [0.25, 0.3) is 11.6 Å². The molecule has 2 aromatic carbocycles. The van der Waals surface area contributed by atoms with Gasteiger partial charge in [-0.15, -0.1) is 0 Å². The fourth-order valence-electron chi connectivity index (χ4n) is 5.03. The summed E-state index contributed by atoms with van der Waals surface area (Å²) >= 11 is 0. The highest BCUT2D eigenvalue weighted by molar-refractivity contribution is 7.90. The lowest BCUT2D eigenvalue weighted by atomic mass is 10.0. The molecular formula is C29H29N5O4S. The molecule has 1 fully saturated rings. The lowest BCUT2D eigenvalue weighted by Gasteiger charge is -2.32. The number of rotatable bonds is 5. The summed E-state index contributed by atoms with van der Waals surface area (Å²) in [6.07, 6.45) is 1.68. The summed E-state index contributed by atoms with van der Waals surface area (Å²) in [6.45, 7) is 6.65. The van der Waals surface area contributed by atoms with Crippen molar-refractivity contribution < 1.29 is 18.0 Å². The van der Waals surface area contributed by atoms with E-state index in [1.807, 2.05) is 31.9 Å². The molecule has 0 bridgehead atoms. The molecule has 200 valence electrons. The molecule has 39 heavy (non-hydrogen) atoms. The van der Waals surface area contributed by atoms with Crippen molar-refractivity contribution in [2.75, 3.05) is 38.5 Å². The first kappa shape index (κ1) is 26.4. The van der Waals surface area contributed by atoms with Gasteiger partial charge in [-0.1, -0.05) is 12.1 Å². The van der Waals surface area contributed by atoms with E-state index in [4.69, 9.17) is 5.26 Å². The van der Waals surface area contributed by atoms with Gasteiger partial charge in [0.15, 0.2) is 9.84 Å². The number of H-pyrrole nitrogens is 1. The Kier molecular flexibility index (Phi) is 6.89. The summed E-state index contributed by atoms with van der Waals surface area (Å²) in [5.74, 6) is -0.610. The number of carbonyl (C=O) groups is 2. The summed E-state index contributed by atoms with van der Waals surface area (Å²) in [4.78, 5) is 33.6. The van der Waals surface area contributed by atoms with Gasteiger partial charge in [0.05, 0.1) is 33.4 Å². The van der Waals surface area contributed by atoms with Crippen LogP contribution in [0.4, 0.5) is 5.69 Å². The Bertz CT molecular complexity index is 1650. The Morgan fingerprint density at radius 1 is 1.08 bits per heavy atom. The van der Waals surface area contributed by atoms with Crippen molar-refractivity contribution in [2.24, 2.45) is 0 Å². The number of hydrogen-bond donors (Lipinski definition) is 2. The number of carbonyl (C=O) groups excluding carboxylic acids is 2. The first-order valence-electron chi connectivity index (χ1n) is 12.6. The van der Waals surface area contributed by atoms with Gasteiger partial charge < -0.3 is 20.1 Å². The maximum absolute atomic E-state index is 13.3. The number of aromatic amines is 1. The number of likely N-dealkylation sites (N-methyl/N-ethyl adjacent to an activating group) is 1. The average Bonchev–Trinajstić information content (AvgIpc) is 3.38. The first-order chi connectivity index (χ1) is 18.6. The first-order valence-corrected chi connectivity index (χ1v) is 14.3. The van der Waals surface area contributed by atoms with Gasteiger partial charge in [0.2, 0.25) is 0 Å². The summed E-state index contributed by atoms with van der Waals surface area (Å²) in [7, 11) is -1.68. The van der Waals surface area contributed by atoms with Crippen molar-refractivity contribution in [1.29, 1.82) is 5.26 Å². The van der Waals surface area contributed by atoms with Crippen LogP contribution in [0.1, 0.15) is 44.0 Å². The maximum Gasteiger partial charge on any atom is 0.256 e. The van der Waals surface area contributed by atoms with Crippen molar-refractivity contribution in [1.82, 2.24) is 14.8 Å². The van der Waals surface area contributed by atoms with Crippen LogP contribution >= 0.6 is 0 Å². The third-order valence-corrected chi connectivity index (χ3v) is 9.03. The highest BCUT2D eigenvalue weighted by atomic mass is 32.2. The van der Waals surface area contributed by atoms with Gasteiger partial charge in [0.1, 0.15) is 0 Å². The number of amides is 2. The Hall–Kier alpha value is -4.20. The third-order valence-electron chi connectivity index (χ3n) is 7.34. The Balaban J connectivity index is 1.46. The zero-order valence-corrected chi connectivity index (χ0v) is 22.9. The number of fused-ring (bicyclic) bond motifs is 1. The van der Waals surface area contributed by atoms with Crippen LogP contribution in [0.5, 0.6) is 0 Å². The predicted octanol–water partition coefficient (Wildman–Crippen LogP) is 3.36. The molecule has 5 rings (SSSR count). The van der Waals surface area contributed by atoms with Gasteiger partial charge in [-0.2, -0.15) is 5.26 Å². The van der Waals surface area contributed by atoms with Gasteiger partial charge in [-0.05, 0) is 68.4 Å². The number of aromatic nitrogens is 1. The number of hydrogen-bond acceptors (Lipinski definition) is 6. The number of nitrogens with one attached hydrogen (secondary N) is 2. The molecule has 0 atom stereocenters. The van der Waals surface area contributed by atoms with Crippen LogP contribution in [0.3, 0.4) is 0 Å².